The molecule has 5 rings (SSSR count). The van der Waals surface area contributed by atoms with Crippen LogP contribution < -0.4 is 4.74 Å². The van der Waals surface area contributed by atoms with Gasteiger partial charge < -0.3 is 13.6 Å². The van der Waals surface area contributed by atoms with Gasteiger partial charge in [0.05, 0.1) is 13.1 Å². The number of halogens is 1. The smallest absolute Gasteiger partial charge is 0.139 e. The summed E-state index contributed by atoms with van der Waals surface area (Å²) in [5.41, 5.74) is 5.84. The van der Waals surface area contributed by atoms with E-state index in [9.17, 15) is 0 Å². The molecule has 0 spiro atoms. The average molecular weight is 463 g/mol. The number of furan rings is 1. The van der Waals surface area contributed by atoms with Crippen molar-refractivity contribution in [2.75, 3.05) is 26.2 Å². The van der Waals surface area contributed by atoms with Crippen LogP contribution in [-0.2, 0) is 6.54 Å². The van der Waals surface area contributed by atoms with Crippen molar-refractivity contribution in [2.24, 2.45) is 5.92 Å². The first kappa shape index (κ1) is 22.3. The van der Waals surface area contributed by atoms with E-state index >= 15 is 0 Å². The van der Waals surface area contributed by atoms with E-state index in [4.69, 9.17) is 20.8 Å². The van der Waals surface area contributed by atoms with Crippen LogP contribution in [0.1, 0.15) is 36.5 Å². The van der Waals surface area contributed by atoms with Crippen LogP contribution in [0.25, 0.3) is 21.9 Å². The summed E-state index contributed by atoms with van der Waals surface area (Å²) in [6, 6.07) is 18.9. The standard InChI is InChI=1S/C29H33ClNO2/c1-20-10-12-31(13-11-20,19-23-5-4-21(2)22(3)16-23)14-15-32-25-7-9-27-26-8-6-24(30)17-28(26)33-29(27)18-25/h4-9,16-18,20H,10-15,19H2,1-3H3/q+1. The van der Waals surface area contributed by atoms with Gasteiger partial charge in [0, 0.05) is 33.5 Å². The third-order valence-electron chi connectivity index (χ3n) is 7.52. The zero-order chi connectivity index (χ0) is 23.0. The Bertz CT molecular complexity index is 1280. The van der Waals surface area contributed by atoms with Crippen LogP contribution >= 0.6 is 11.6 Å². The van der Waals surface area contributed by atoms with E-state index in [-0.39, 0.29) is 0 Å². The number of benzene rings is 3. The number of fused-ring (bicyclic) bond motifs is 3. The second-order valence-electron chi connectivity index (χ2n) is 10.0. The third-order valence-corrected chi connectivity index (χ3v) is 7.76. The SMILES string of the molecule is Cc1ccc(C[N+]2(CCOc3ccc4c(c3)oc3cc(Cl)ccc34)CCC(C)CC2)cc1C. The quantitative estimate of drug-likeness (QED) is 0.274. The molecule has 1 saturated heterocycles. The van der Waals surface area contributed by atoms with Gasteiger partial charge in [-0.3, -0.25) is 0 Å². The average Bonchev–Trinajstić information content (AvgIpc) is 3.15. The molecular weight excluding hydrogens is 430 g/mol. The predicted octanol–water partition coefficient (Wildman–Crippen LogP) is 7.68. The molecule has 33 heavy (non-hydrogen) atoms. The summed E-state index contributed by atoms with van der Waals surface area (Å²) in [5, 5.41) is 2.87. The molecule has 0 radical (unpaired) electrons. The van der Waals surface area contributed by atoms with Crippen molar-refractivity contribution in [3.8, 4) is 5.75 Å². The summed E-state index contributed by atoms with van der Waals surface area (Å²) in [7, 11) is 0. The van der Waals surface area contributed by atoms with Gasteiger partial charge in [-0.15, -0.1) is 0 Å². The largest absolute Gasteiger partial charge is 0.488 e. The lowest BCUT2D eigenvalue weighted by molar-refractivity contribution is -0.946. The Morgan fingerprint density at radius 1 is 0.909 bits per heavy atom. The first-order valence-electron chi connectivity index (χ1n) is 12.1. The van der Waals surface area contributed by atoms with E-state index < -0.39 is 0 Å². The maximum Gasteiger partial charge on any atom is 0.139 e. The van der Waals surface area contributed by atoms with Gasteiger partial charge in [-0.05, 0) is 68.0 Å². The van der Waals surface area contributed by atoms with Gasteiger partial charge in [0.1, 0.15) is 36.6 Å². The first-order chi connectivity index (χ1) is 15.9. The second-order valence-corrected chi connectivity index (χ2v) is 10.5. The molecule has 0 atom stereocenters. The van der Waals surface area contributed by atoms with Crippen LogP contribution in [0, 0.1) is 19.8 Å². The second kappa shape index (κ2) is 9.04. The van der Waals surface area contributed by atoms with Crippen LogP contribution in [0.3, 0.4) is 0 Å². The Morgan fingerprint density at radius 3 is 2.39 bits per heavy atom. The Labute approximate surface area is 201 Å². The zero-order valence-electron chi connectivity index (χ0n) is 19.9. The van der Waals surface area contributed by atoms with Crippen molar-refractivity contribution in [2.45, 2.75) is 40.2 Å². The molecule has 3 aromatic carbocycles. The van der Waals surface area contributed by atoms with E-state index in [0.717, 1.165) is 51.2 Å². The van der Waals surface area contributed by atoms with E-state index in [0.29, 0.717) is 11.6 Å². The number of likely N-dealkylation sites (tertiary alicyclic amines) is 1. The normalized spacial score (nSPS) is 21.0. The number of ether oxygens (including phenoxy) is 1. The molecule has 4 heteroatoms. The Balaban J connectivity index is 1.31. The van der Waals surface area contributed by atoms with Gasteiger partial charge >= 0.3 is 0 Å². The number of rotatable bonds is 6. The topological polar surface area (TPSA) is 22.4 Å². The summed E-state index contributed by atoms with van der Waals surface area (Å²) in [5.74, 6) is 1.68. The summed E-state index contributed by atoms with van der Waals surface area (Å²) < 4.78 is 13.4. The minimum atomic E-state index is 0.687. The van der Waals surface area contributed by atoms with Gasteiger partial charge in [0.2, 0.25) is 0 Å². The zero-order valence-corrected chi connectivity index (χ0v) is 20.6. The van der Waals surface area contributed by atoms with Crippen molar-refractivity contribution >= 4 is 33.5 Å². The molecule has 0 amide bonds. The first-order valence-corrected chi connectivity index (χ1v) is 12.4. The predicted molar refractivity (Wildman–Crippen MR) is 137 cm³/mol. The van der Waals surface area contributed by atoms with Crippen LogP contribution in [-0.4, -0.2) is 30.7 Å². The molecular formula is C29H33ClNO2+. The number of hydrogen-bond acceptors (Lipinski definition) is 2. The van der Waals surface area contributed by atoms with Crippen molar-refractivity contribution < 1.29 is 13.6 Å². The Kier molecular flexibility index (Phi) is 6.11. The number of nitrogens with zero attached hydrogens (tertiary/aromatic N) is 1. The number of hydrogen-bond donors (Lipinski definition) is 0. The summed E-state index contributed by atoms with van der Waals surface area (Å²) in [6.45, 7) is 12.0. The summed E-state index contributed by atoms with van der Waals surface area (Å²) >= 11 is 6.13. The number of aryl methyl sites for hydroxylation is 2. The highest BCUT2D eigenvalue weighted by Gasteiger charge is 2.32. The third kappa shape index (κ3) is 4.76. The molecule has 0 aliphatic carbocycles. The molecule has 0 bridgehead atoms. The van der Waals surface area contributed by atoms with Gasteiger partial charge in [0.25, 0.3) is 0 Å². The highest BCUT2D eigenvalue weighted by Crippen LogP contribution is 2.33. The van der Waals surface area contributed by atoms with Gasteiger partial charge in [0.15, 0.2) is 0 Å². The van der Waals surface area contributed by atoms with E-state index in [1.165, 1.54) is 42.6 Å². The maximum absolute atomic E-state index is 6.27. The van der Waals surface area contributed by atoms with Crippen LogP contribution in [0.15, 0.2) is 59.0 Å². The van der Waals surface area contributed by atoms with Crippen molar-refractivity contribution in [1.82, 2.24) is 0 Å². The molecule has 0 unspecified atom stereocenters. The Hall–Kier alpha value is -2.49. The highest BCUT2D eigenvalue weighted by molar-refractivity contribution is 6.31. The molecule has 1 aliphatic rings. The Morgan fingerprint density at radius 2 is 1.64 bits per heavy atom. The minimum absolute atomic E-state index is 0.687. The molecule has 1 fully saturated rings. The monoisotopic (exact) mass is 462 g/mol. The van der Waals surface area contributed by atoms with Gasteiger partial charge in [-0.1, -0.05) is 36.7 Å². The molecule has 2 heterocycles. The lowest BCUT2D eigenvalue weighted by Gasteiger charge is -2.43. The number of quaternary nitrogens is 1. The fraction of sp³-hybridized carbons (Fsp3) is 0.379. The molecule has 1 aliphatic heterocycles. The van der Waals surface area contributed by atoms with E-state index in [1.54, 1.807) is 0 Å². The fourth-order valence-corrected chi connectivity index (χ4v) is 5.33. The van der Waals surface area contributed by atoms with Crippen molar-refractivity contribution in [3.63, 3.8) is 0 Å². The van der Waals surface area contributed by atoms with Crippen LogP contribution in [0.2, 0.25) is 5.02 Å². The van der Waals surface area contributed by atoms with E-state index in [2.05, 4.69) is 51.1 Å². The number of piperidine rings is 1. The van der Waals surface area contributed by atoms with Gasteiger partial charge in [-0.2, -0.15) is 0 Å². The molecule has 1 aromatic heterocycles. The minimum Gasteiger partial charge on any atom is -0.488 e. The fourth-order valence-electron chi connectivity index (χ4n) is 5.17. The molecule has 4 aromatic rings. The molecule has 3 nitrogen and oxygen atoms in total. The molecule has 172 valence electrons. The van der Waals surface area contributed by atoms with Crippen molar-refractivity contribution in [3.05, 3.63) is 76.3 Å². The lowest BCUT2D eigenvalue weighted by atomic mass is 9.95. The van der Waals surface area contributed by atoms with Gasteiger partial charge in [-0.25, -0.2) is 0 Å². The van der Waals surface area contributed by atoms with E-state index in [1.807, 2.05) is 24.3 Å². The van der Waals surface area contributed by atoms with Crippen LogP contribution in [0.5, 0.6) is 5.75 Å². The highest BCUT2D eigenvalue weighted by atomic mass is 35.5. The molecule has 0 N–H and O–H groups in total. The van der Waals surface area contributed by atoms with Crippen molar-refractivity contribution in [1.29, 1.82) is 0 Å². The molecule has 0 saturated carbocycles. The van der Waals surface area contributed by atoms with Crippen LogP contribution in [0.4, 0.5) is 0 Å². The maximum atomic E-state index is 6.27. The lowest BCUT2D eigenvalue weighted by Crippen LogP contribution is -2.54. The summed E-state index contributed by atoms with van der Waals surface area (Å²) in [4.78, 5) is 0. The summed E-state index contributed by atoms with van der Waals surface area (Å²) in [6.07, 6.45) is 2.58.